The quantitative estimate of drug-likeness (QED) is 0.559. The number of nitrogens with zero attached hydrogens (tertiary/aromatic N) is 2. The smallest absolute Gasteiger partial charge is 0.276 e. The summed E-state index contributed by atoms with van der Waals surface area (Å²) >= 11 is 11.5. The summed E-state index contributed by atoms with van der Waals surface area (Å²) in [5, 5.41) is 4.40. The van der Waals surface area contributed by atoms with Gasteiger partial charge in [-0.25, -0.2) is 0 Å². The number of nitrogens with one attached hydrogen (secondary N) is 1. The minimum atomic E-state index is -0.00630. The van der Waals surface area contributed by atoms with E-state index in [4.69, 9.17) is 23.8 Å². The summed E-state index contributed by atoms with van der Waals surface area (Å²) in [5.74, 6) is -0.00630. The molecule has 1 aliphatic carbocycles. The zero-order valence-electron chi connectivity index (χ0n) is 16.2. The maximum absolute atomic E-state index is 13.0. The van der Waals surface area contributed by atoms with Crippen molar-refractivity contribution in [3.8, 4) is 5.69 Å². The van der Waals surface area contributed by atoms with E-state index in [1.165, 1.54) is 19.3 Å². The Balaban J connectivity index is 1.64. The Morgan fingerprint density at radius 1 is 1.14 bits per heavy atom. The van der Waals surface area contributed by atoms with Gasteiger partial charge in [0.2, 0.25) is 0 Å². The molecule has 1 amide bonds. The first-order chi connectivity index (χ1) is 13.5. The van der Waals surface area contributed by atoms with Gasteiger partial charge in [-0.2, -0.15) is 0 Å². The van der Waals surface area contributed by atoms with Crippen molar-refractivity contribution in [1.29, 1.82) is 0 Å². The number of carbonyl (C=O) groups excluding carboxylic acids is 1. The molecule has 0 unspecified atom stereocenters. The summed E-state index contributed by atoms with van der Waals surface area (Å²) in [6.07, 6.45) is 7.57. The second-order valence-corrected chi connectivity index (χ2v) is 8.42. The molecule has 1 N–H and O–H groups in total. The number of aromatic nitrogens is 1. The van der Waals surface area contributed by atoms with Crippen LogP contribution in [0, 0.1) is 13.8 Å². The van der Waals surface area contributed by atoms with Crippen molar-refractivity contribution in [3.63, 3.8) is 0 Å². The molecular weight excluding hydrogens is 390 g/mol. The monoisotopic (exact) mass is 413 g/mol. The second-order valence-electron chi connectivity index (χ2n) is 7.59. The molecule has 0 spiro atoms. The normalized spacial score (nSPS) is 19.5. The minimum absolute atomic E-state index is 0.00630. The minimum Gasteiger partial charge on any atom is -0.328 e. The Hall–Kier alpha value is -2.11. The second kappa shape index (κ2) is 7.72. The molecule has 1 saturated carbocycles. The van der Waals surface area contributed by atoms with Crippen LogP contribution in [0.4, 0.5) is 0 Å². The lowest BCUT2D eigenvalue weighted by Gasteiger charge is -2.29. The molecule has 1 aromatic carbocycles. The molecule has 2 aromatic rings. The Morgan fingerprint density at radius 3 is 2.50 bits per heavy atom. The van der Waals surface area contributed by atoms with Crippen molar-refractivity contribution in [2.75, 3.05) is 0 Å². The number of aryl methyl sites for hydroxylation is 1. The zero-order chi connectivity index (χ0) is 19.8. The van der Waals surface area contributed by atoms with Crippen molar-refractivity contribution < 1.29 is 4.79 Å². The number of benzene rings is 1. The molecule has 1 aromatic heterocycles. The number of carbonyl (C=O) groups is 1. The zero-order valence-corrected chi connectivity index (χ0v) is 17.7. The predicted molar refractivity (Wildman–Crippen MR) is 118 cm³/mol. The van der Waals surface area contributed by atoms with Gasteiger partial charge in [-0.1, -0.05) is 30.9 Å². The lowest BCUT2D eigenvalue weighted by molar-refractivity contribution is -0.124. The highest BCUT2D eigenvalue weighted by atomic mass is 35.5. The van der Waals surface area contributed by atoms with Crippen molar-refractivity contribution >= 4 is 40.9 Å². The van der Waals surface area contributed by atoms with Gasteiger partial charge in [0.05, 0.1) is 0 Å². The van der Waals surface area contributed by atoms with Gasteiger partial charge in [0.25, 0.3) is 5.91 Å². The van der Waals surface area contributed by atoms with Gasteiger partial charge in [-0.05, 0) is 80.9 Å². The van der Waals surface area contributed by atoms with E-state index in [-0.39, 0.29) is 11.9 Å². The Morgan fingerprint density at radius 2 is 1.82 bits per heavy atom. The fraction of sp³-hybridized carbons (Fsp3) is 0.364. The van der Waals surface area contributed by atoms with E-state index in [0.717, 1.165) is 35.5 Å². The summed E-state index contributed by atoms with van der Waals surface area (Å²) in [4.78, 5) is 14.8. The molecule has 0 radical (unpaired) electrons. The summed E-state index contributed by atoms with van der Waals surface area (Å²) in [5.41, 5.74) is 4.80. The van der Waals surface area contributed by atoms with E-state index in [1.807, 2.05) is 30.3 Å². The highest BCUT2D eigenvalue weighted by Gasteiger charge is 2.36. The van der Waals surface area contributed by atoms with Crippen LogP contribution < -0.4 is 5.32 Å². The summed E-state index contributed by atoms with van der Waals surface area (Å²) in [7, 11) is 0. The third kappa shape index (κ3) is 3.49. The number of halogens is 1. The number of thiocarbonyl (C=S) groups is 1. The summed E-state index contributed by atoms with van der Waals surface area (Å²) in [6, 6.07) is 10.1. The molecular formula is C22H24ClN3OS. The van der Waals surface area contributed by atoms with Crippen LogP contribution in [0.1, 0.15) is 49.1 Å². The number of hydrogen-bond acceptors (Lipinski definition) is 2. The summed E-state index contributed by atoms with van der Waals surface area (Å²) in [6.45, 7) is 4.12. The Bertz CT molecular complexity index is 955. The molecule has 1 saturated heterocycles. The number of hydrogen-bond donors (Lipinski definition) is 1. The maximum atomic E-state index is 13.0. The van der Waals surface area contributed by atoms with Gasteiger partial charge in [0.1, 0.15) is 5.70 Å². The fourth-order valence-electron chi connectivity index (χ4n) is 4.30. The van der Waals surface area contributed by atoms with E-state index in [2.05, 4.69) is 29.8 Å². The van der Waals surface area contributed by atoms with Crippen LogP contribution >= 0.6 is 23.8 Å². The molecule has 2 fully saturated rings. The molecule has 6 heteroatoms. The van der Waals surface area contributed by atoms with Crippen molar-refractivity contribution in [2.24, 2.45) is 0 Å². The standard InChI is InChI=1S/C22H24ClN3OS/c1-14-12-16(15(2)25(14)19-10-8-17(23)9-11-19)13-20-21(27)26(22(28)24-20)18-6-4-3-5-7-18/h8-13,18H,3-7H2,1-2H3,(H,24,28)/b20-13-. The predicted octanol–water partition coefficient (Wildman–Crippen LogP) is 5.14. The summed E-state index contributed by atoms with van der Waals surface area (Å²) < 4.78 is 2.17. The van der Waals surface area contributed by atoms with Crippen LogP contribution in [0.2, 0.25) is 5.02 Å². The SMILES string of the molecule is Cc1cc(/C=C2\NC(=S)N(C3CCCCC3)C2=O)c(C)n1-c1ccc(Cl)cc1. The molecule has 4 nitrogen and oxygen atoms in total. The van der Waals surface area contributed by atoms with Gasteiger partial charge in [-0.15, -0.1) is 0 Å². The largest absolute Gasteiger partial charge is 0.328 e. The highest BCUT2D eigenvalue weighted by Crippen LogP contribution is 2.28. The van der Waals surface area contributed by atoms with Crippen LogP contribution in [-0.2, 0) is 4.79 Å². The first-order valence-corrected chi connectivity index (χ1v) is 10.6. The molecule has 28 heavy (non-hydrogen) atoms. The van der Waals surface area contributed by atoms with E-state index in [1.54, 1.807) is 4.90 Å². The van der Waals surface area contributed by atoms with Crippen LogP contribution in [0.15, 0.2) is 36.0 Å². The van der Waals surface area contributed by atoms with Gasteiger partial charge < -0.3 is 9.88 Å². The topological polar surface area (TPSA) is 37.3 Å². The Labute approximate surface area is 176 Å². The lowest BCUT2D eigenvalue weighted by atomic mass is 9.94. The maximum Gasteiger partial charge on any atom is 0.276 e. The molecule has 4 rings (SSSR count). The van der Waals surface area contributed by atoms with Gasteiger partial charge in [-0.3, -0.25) is 9.69 Å². The van der Waals surface area contributed by atoms with Gasteiger partial charge in [0, 0.05) is 28.1 Å². The van der Waals surface area contributed by atoms with Crippen LogP contribution in [0.25, 0.3) is 11.8 Å². The van der Waals surface area contributed by atoms with E-state index in [0.29, 0.717) is 15.8 Å². The van der Waals surface area contributed by atoms with Gasteiger partial charge >= 0.3 is 0 Å². The molecule has 2 heterocycles. The lowest BCUT2D eigenvalue weighted by Crippen LogP contribution is -2.41. The number of rotatable bonds is 3. The average molecular weight is 414 g/mol. The third-order valence-electron chi connectivity index (χ3n) is 5.70. The fourth-order valence-corrected chi connectivity index (χ4v) is 4.76. The third-order valence-corrected chi connectivity index (χ3v) is 6.26. The molecule has 146 valence electrons. The van der Waals surface area contributed by atoms with E-state index >= 15 is 0 Å². The molecule has 0 bridgehead atoms. The Kier molecular flexibility index (Phi) is 5.30. The van der Waals surface area contributed by atoms with E-state index in [9.17, 15) is 4.79 Å². The van der Waals surface area contributed by atoms with Crippen LogP contribution in [0.3, 0.4) is 0 Å². The van der Waals surface area contributed by atoms with Crippen molar-refractivity contribution in [1.82, 2.24) is 14.8 Å². The van der Waals surface area contributed by atoms with Crippen molar-refractivity contribution in [3.05, 3.63) is 58.0 Å². The van der Waals surface area contributed by atoms with Gasteiger partial charge in [0.15, 0.2) is 5.11 Å². The first-order valence-electron chi connectivity index (χ1n) is 9.77. The highest BCUT2D eigenvalue weighted by molar-refractivity contribution is 7.80. The first kappa shape index (κ1) is 19.2. The average Bonchev–Trinajstić information content (AvgIpc) is 3.12. The van der Waals surface area contributed by atoms with Crippen LogP contribution in [-0.4, -0.2) is 26.5 Å². The molecule has 2 aliphatic rings. The number of amides is 1. The molecule has 0 atom stereocenters. The van der Waals surface area contributed by atoms with E-state index < -0.39 is 0 Å². The van der Waals surface area contributed by atoms with Crippen molar-refractivity contribution in [2.45, 2.75) is 52.0 Å². The van der Waals surface area contributed by atoms with Crippen LogP contribution in [0.5, 0.6) is 0 Å². The molecule has 1 aliphatic heterocycles.